The van der Waals surface area contributed by atoms with Gasteiger partial charge in [-0.3, -0.25) is 0 Å². The summed E-state index contributed by atoms with van der Waals surface area (Å²) in [5, 5.41) is 0. The molecule has 0 atom stereocenters. The number of hydrogen-bond acceptors (Lipinski definition) is 1. The summed E-state index contributed by atoms with van der Waals surface area (Å²) in [5.41, 5.74) is 14.6. The van der Waals surface area contributed by atoms with E-state index in [1.54, 1.807) is 0 Å². The van der Waals surface area contributed by atoms with Crippen molar-refractivity contribution in [2.75, 3.05) is 4.90 Å². The summed E-state index contributed by atoms with van der Waals surface area (Å²) >= 11 is 0. The third kappa shape index (κ3) is 4.65. The number of fused-ring (bicyclic) bond motifs is 3. The Morgan fingerprint density at radius 2 is 0.778 bits per heavy atom. The second-order valence-corrected chi connectivity index (χ2v) is 11.9. The number of anilines is 3. The van der Waals surface area contributed by atoms with Crippen molar-refractivity contribution in [3.05, 3.63) is 199 Å². The quantitative estimate of drug-likeness (QED) is 0.191. The van der Waals surface area contributed by atoms with Gasteiger partial charge in [-0.15, -0.1) is 0 Å². The fourth-order valence-corrected chi connectivity index (χ4v) is 7.03. The van der Waals surface area contributed by atoms with Crippen LogP contribution in [0.2, 0.25) is 0 Å². The van der Waals surface area contributed by atoms with Gasteiger partial charge in [0.15, 0.2) is 0 Å². The minimum Gasteiger partial charge on any atom is -0.310 e. The SMILES string of the molecule is CC1(c2cccc(N(c3ccc(-c4ccccc4)cc3)c3ccc(-c4ccccc4)cc3)c2)c2ccccc2-c2ccccc21. The first-order valence-corrected chi connectivity index (χ1v) is 15.6. The van der Waals surface area contributed by atoms with Gasteiger partial charge in [0.2, 0.25) is 0 Å². The number of hydrogen-bond donors (Lipinski definition) is 0. The highest BCUT2D eigenvalue weighted by Gasteiger charge is 2.40. The van der Waals surface area contributed by atoms with E-state index >= 15 is 0 Å². The summed E-state index contributed by atoms with van der Waals surface area (Å²) in [7, 11) is 0. The van der Waals surface area contributed by atoms with Crippen LogP contribution in [0.1, 0.15) is 23.6 Å². The molecule has 214 valence electrons. The van der Waals surface area contributed by atoms with Gasteiger partial charge in [-0.2, -0.15) is 0 Å². The summed E-state index contributed by atoms with van der Waals surface area (Å²) < 4.78 is 0. The van der Waals surface area contributed by atoms with Gasteiger partial charge in [0, 0.05) is 22.5 Å². The minimum atomic E-state index is -0.261. The van der Waals surface area contributed by atoms with E-state index in [9.17, 15) is 0 Å². The maximum Gasteiger partial charge on any atom is 0.0464 e. The van der Waals surface area contributed by atoms with Gasteiger partial charge in [-0.1, -0.05) is 146 Å². The molecule has 1 aliphatic rings. The smallest absolute Gasteiger partial charge is 0.0464 e. The van der Waals surface area contributed by atoms with Crippen molar-refractivity contribution >= 4 is 17.1 Å². The molecule has 0 saturated carbocycles. The zero-order valence-electron chi connectivity index (χ0n) is 25.3. The molecule has 1 aliphatic carbocycles. The minimum absolute atomic E-state index is 0.261. The molecular formula is C44H33N. The van der Waals surface area contributed by atoms with Crippen LogP contribution in [0.5, 0.6) is 0 Å². The fraction of sp³-hybridized carbons (Fsp3) is 0.0455. The van der Waals surface area contributed by atoms with Crippen molar-refractivity contribution in [1.29, 1.82) is 0 Å². The van der Waals surface area contributed by atoms with Gasteiger partial charge < -0.3 is 4.90 Å². The van der Waals surface area contributed by atoms with Crippen molar-refractivity contribution in [3.8, 4) is 33.4 Å². The van der Waals surface area contributed by atoms with Crippen LogP contribution in [0.15, 0.2) is 182 Å². The number of nitrogens with zero attached hydrogens (tertiary/aromatic N) is 1. The lowest BCUT2D eigenvalue weighted by molar-refractivity contribution is 0.714. The molecule has 1 heteroatoms. The maximum absolute atomic E-state index is 2.38. The van der Waals surface area contributed by atoms with Crippen LogP contribution in [-0.2, 0) is 5.41 Å². The van der Waals surface area contributed by atoms with E-state index in [-0.39, 0.29) is 5.41 Å². The lowest BCUT2D eigenvalue weighted by Gasteiger charge is -2.31. The highest BCUT2D eigenvalue weighted by Crippen LogP contribution is 2.53. The average Bonchev–Trinajstić information content (AvgIpc) is 3.39. The maximum atomic E-state index is 2.38. The molecule has 8 rings (SSSR count). The van der Waals surface area contributed by atoms with Crippen LogP contribution in [0.3, 0.4) is 0 Å². The lowest BCUT2D eigenvalue weighted by atomic mass is 9.74. The average molecular weight is 576 g/mol. The van der Waals surface area contributed by atoms with Gasteiger partial charge in [-0.05, 0) is 93.4 Å². The summed E-state index contributed by atoms with van der Waals surface area (Å²) in [5.74, 6) is 0. The van der Waals surface area contributed by atoms with Gasteiger partial charge in [0.1, 0.15) is 0 Å². The van der Waals surface area contributed by atoms with Crippen molar-refractivity contribution in [2.24, 2.45) is 0 Å². The molecule has 0 N–H and O–H groups in total. The van der Waals surface area contributed by atoms with Crippen molar-refractivity contribution in [2.45, 2.75) is 12.3 Å². The summed E-state index contributed by atoms with van der Waals surface area (Å²) in [6.07, 6.45) is 0. The second kappa shape index (κ2) is 11.1. The first-order valence-electron chi connectivity index (χ1n) is 15.6. The molecule has 0 unspecified atom stereocenters. The summed E-state index contributed by atoms with van der Waals surface area (Å²) in [6.45, 7) is 2.38. The van der Waals surface area contributed by atoms with Crippen molar-refractivity contribution in [3.63, 3.8) is 0 Å². The standard InChI is InChI=1S/C44H33N/c1-44(42-21-10-8-19-40(42)41-20-9-11-22-43(41)44)36-17-12-18-39(31-36)45(37-27-23-34(24-28-37)32-13-4-2-5-14-32)38-29-25-35(26-30-38)33-15-6-3-7-16-33/h2-31H,1H3. The normalized spacial score (nSPS) is 12.7. The Kier molecular flexibility index (Phi) is 6.65. The largest absolute Gasteiger partial charge is 0.310 e. The highest BCUT2D eigenvalue weighted by molar-refractivity contribution is 5.85. The molecule has 0 heterocycles. The summed E-state index contributed by atoms with van der Waals surface area (Å²) in [6, 6.07) is 65.9. The Morgan fingerprint density at radius 3 is 1.27 bits per heavy atom. The first-order chi connectivity index (χ1) is 22.2. The van der Waals surface area contributed by atoms with Crippen LogP contribution >= 0.6 is 0 Å². The molecule has 0 aromatic heterocycles. The molecular weight excluding hydrogens is 542 g/mol. The van der Waals surface area contributed by atoms with E-state index in [1.165, 1.54) is 50.1 Å². The predicted molar refractivity (Wildman–Crippen MR) is 189 cm³/mol. The Bertz CT molecular complexity index is 1960. The molecule has 45 heavy (non-hydrogen) atoms. The van der Waals surface area contributed by atoms with Crippen LogP contribution in [0.25, 0.3) is 33.4 Å². The molecule has 1 nitrogen and oxygen atoms in total. The van der Waals surface area contributed by atoms with Crippen LogP contribution in [0, 0.1) is 0 Å². The molecule has 0 amide bonds. The van der Waals surface area contributed by atoms with E-state index in [4.69, 9.17) is 0 Å². The zero-order valence-corrected chi connectivity index (χ0v) is 25.3. The third-order valence-corrected chi connectivity index (χ3v) is 9.37. The van der Waals surface area contributed by atoms with Crippen LogP contribution in [0.4, 0.5) is 17.1 Å². The van der Waals surface area contributed by atoms with Gasteiger partial charge in [-0.25, -0.2) is 0 Å². The molecule has 0 aliphatic heterocycles. The zero-order chi connectivity index (χ0) is 30.2. The Labute approximate surface area is 265 Å². The van der Waals surface area contributed by atoms with Crippen molar-refractivity contribution < 1.29 is 0 Å². The number of benzene rings is 7. The number of rotatable bonds is 6. The molecule has 0 spiro atoms. The predicted octanol–water partition coefficient (Wildman–Crippen LogP) is 11.8. The van der Waals surface area contributed by atoms with E-state index in [0.717, 1.165) is 17.1 Å². The van der Waals surface area contributed by atoms with Crippen LogP contribution in [-0.4, -0.2) is 0 Å². The molecule has 7 aromatic carbocycles. The Balaban J connectivity index is 1.26. The second-order valence-electron chi connectivity index (χ2n) is 11.9. The highest BCUT2D eigenvalue weighted by atomic mass is 15.1. The van der Waals surface area contributed by atoms with Gasteiger partial charge >= 0.3 is 0 Å². The molecule has 0 fully saturated rings. The van der Waals surface area contributed by atoms with Crippen molar-refractivity contribution in [1.82, 2.24) is 0 Å². The van der Waals surface area contributed by atoms with Gasteiger partial charge in [0.25, 0.3) is 0 Å². The molecule has 0 saturated heterocycles. The topological polar surface area (TPSA) is 3.24 Å². The van der Waals surface area contributed by atoms with E-state index in [1.807, 2.05) is 0 Å². The Hall–Kier alpha value is -5.66. The molecule has 7 aromatic rings. The van der Waals surface area contributed by atoms with E-state index in [2.05, 4.69) is 194 Å². The lowest BCUT2D eigenvalue weighted by Crippen LogP contribution is -2.23. The molecule has 0 bridgehead atoms. The van der Waals surface area contributed by atoms with E-state index < -0.39 is 0 Å². The van der Waals surface area contributed by atoms with E-state index in [0.29, 0.717) is 0 Å². The van der Waals surface area contributed by atoms with Crippen LogP contribution < -0.4 is 4.90 Å². The third-order valence-electron chi connectivity index (χ3n) is 9.37. The summed E-state index contributed by atoms with van der Waals surface area (Å²) in [4.78, 5) is 2.38. The Morgan fingerprint density at radius 1 is 0.356 bits per heavy atom. The fourth-order valence-electron chi connectivity index (χ4n) is 7.03. The van der Waals surface area contributed by atoms with Gasteiger partial charge in [0.05, 0.1) is 0 Å². The monoisotopic (exact) mass is 575 g/mol. The first kappa shape index (κ1) is 26.9. The molecule has 0 radical (unpaired) electrons.